The number of piperazine rings is 1. The molecule has 1 aliphatic rings. The first-order valence-corrected chi connectivity index (χ1v) is 11.2. The molecule has 0 radical (unpaired) electrons. The Balaban J connectivity index is 1.41. The van der Waals surface area contributed by atoms with Crippen LogP contribution in [-0.4, -0.2) is 68.5 Å². The van der Waals surface area contributed by atoms with Crippen LogP contribution in [0.4, 0.5) is 0 Å². The second kappa shape index (κ2) is 7.86. The summed E-state index contributed by atoms with van der Waals surface area (Å²) in [5.74, 6) is 0.0437. The zero-order valence-electron chi connectivity index (χ0n) is 18.4. The van der Waals surface area contributed by atoms with Gasteiger partial charge in [0.25, 0.3) is 5.91 Å². The van der Waals surface area contributed by atoms with Crippen molar-refractivity contribution < 1.29 is 4.79 Å². The van der Waals surface area contributed by atoms with Gasteiger partial charge < -0.3 is 14.8 Å². The van der Waals surface area contributed by atoms with Gasteiger partial charge in [0.05, 0.1) is 17.3 Å². The summed E-state index contributed by atoms with van der Waals surface area (Å²) in [4.78, 5) is 25.3. The number of hydrogen-bond donors (Lipinski definition) is 1. The second-order valence-corrected chi connectivity index (χ2v) is 8.59. The molecule has 0 aliphatic carbocycles. The number of carbonyl (C=O) groups excluding carboxylic acids is 1. The molecule has 1 saturated heterocycles. The lowest BCUT2D eigenvalue weighted by atomic mass is 10.0. The van der Waals surface area contributed by atoms with E-state index < -0.39 is 0 Å². The van der Waals surface area contributed by atoms with Crippen LogP contribution in [0.2, 0.25) is 0 Å². The average Bonchev–Trinajstić information content (AvgIpc) is 3.48. The highest BCUT2D eigenvalue weighted by molar-refractivity contribution is 6.02. The van der Waals surface area contributed by atoms with E-state index in [9.17, 15) is 4.79 Å². The van der Waals surface area contributed by atoms with Crippen LogP contribution in [0.3, 0.4) is 0 Å². The molecule has 7 nitrogen and oxygen atoms in total. The van der Waals surface area contributed by atoms with Crippen LogP contribution in [0.15, 0.2) is 73.3 Å². The van der Waals surface area contributed by atoms with E-state index >= 15 is 0 Å². The summed E-state index contributed by atoms with van der Waals surface area (Å²) in [6, 6.07) is 16.5. The number of aromatic amines is 1. The number of pyridine rings is 2. The van der Waals surface area contributed by atoms with Gasteiger partial charge in [-0.3, -0.25) is 4.79 Å². The molecule has 33 heavy (non-hydrogen) atoms. The van der Waals surface area contributed by atoms with Gasteiger partial charge in [-0.05, 0) is 36.4 Å². The van der Waals surface area contributed by atoms with Crippen molar-refractivity contribution in [3.05, 3.63) is 78.9 Å². The molecule has 164 valence electrons. The maximum Gasteiger partial charge on any atom is 0.257 e. The fourth-order valence-electron chi connectivity index (χ4n) is 4.52. The lowest BCUT2D eigenvalue weighted by Gasteiger charge is -2.32. The molecule has 0 bridgehead atoms. The number of rotatable bonds is 3. The Kier molecular flexibility index (Phi) is 4.69. The third kappa shape index (κ3) is 3.47. The number of amides is 1. The number of hydrogen-bond acceptors (Lipinski definition) is 4. The summed E-state index contributed by atoms with van der Waals surface area (Å²) in [5, 5.41) is 5.47. The lowest BCUT2D eigenvalue weighted by molar-refractivity contribution is 0.0666. The molecule has 1 aromatic carbocycles. The van der Waals surface area contributed by atoms with E-state index in [-0.39, 0.29) is 5.91 Å². The first-order chi connectivity index (χ1) is 16.2. The maximum absolute atomic E-state index is 13.2. The van der Waals surface area contributed by atoms with E-state index in [1.54, 1.807) is 10.7 Å². The second-order valence-electron chi connectivity index (χ2n) is 8.59. The maximum atomic E-state index is 13.2. The van der Waals surface area contributed by atoms with Crippen molar-refractivity contribution in [3.63, 3.8) is 0 Å². The van der Waals surface area contributed by atoms with E-state index in [1.165, 1.54) is 0 Å². The van der Waals surface area contributed by atoms with Gasteiger partial charge in [-0.2, -0.15) is 5.10 Å². The van der Waals surface area contributed by atoms with Crippen LogP contribution >= 0.6 is 0 Å². The number of fused-ring (bicyclic) bond motifs is 2. The Morgan fingerprint density at radius 1 is 0.939 bits per heavy atom. The van der Waals surface area contributed by atoms with Crippen LogP contribution in [0, 0.1) is 0 Å². The summed E-state index contributed by atoms with van der Waals surface area (Å²) in [6.45, 7) is 3.26. The van der Waals surface area contributed by atoms with E-state index in [0.29, 0.717) is 5.56 Å². The molecule has 5 aromatic rings. The molecule has 4 aromatic heterocycles. The van der Waals surface area contributed by atoms with Gasteiger partial charge in [0.1, 0.15) is 5.65 Å². The summed E-state index contributed by atoms with van der Waals surface area (Å²) in [5.41, 5.74) is 6.57. The predicted molar refractivity (Wildman–Crippen MR) is 129 cm³/mol. The molecular formula is C26H24N6O. The number of benzene rings is 1. The van der Waals surface area contributed by atoms with E-state index in [2.05, 4.69) is 45.2 Å². The zero-order valence-corrected chi connectivity index (χ0v) is 18.4. The SMILES string of the molecule is CN1CCN(C(=O)c2cnn3ccc(-c4c[nH]c5ncc(-c6ccccc6)cc45)cc23)CC1. The normalized spacial score (nSPS) is 14.9. The fraction of sp³-hybridized carbons (Fsp3) is 0.192. The van der Waals surface area contributed by atoms with Gasteiger partial charge in [0.2, 0.25) is 0 Å². The van der Waals surface area contributed by atoms with E-state index in [1.807, 2.05) is 53.8 Å². The molecule has 0 saturated carbocycles. The summed E-state index contributed by atoms with van der Waals surface area (Å²) in [7, 11) is 2.09. The molecule has 0 unspecified atom stereocenters. The van der Waals surface area contributed by atoms with Gasteiger partial charge in [0, 0.05) is 61.3 Å². The van der Waals surface area contributed by atoms with Gasteiger partial charge in [0.15, 0.2) is 0 Å². The number of nitrogens with zero attached hydrogens (tertiary/aromatic N) is 5. The Bertz CT molecular complexity index is 1460. The number of H-pyrrole nitrogens is 1. The molecule has 0 spiro atoms. The number of carbonyl (C=O) groups is 1. The van der Waals surface area contributed by atoms with Crippen molar-refractivity contribution in [1.82, 2.24) is 29.4 Å². The quantitative estimate of drug-likeness (QED) is 0.465. The van der Waals surface area contributed by atoms with Gasteiger partial charge in [-0.1, -0.05) is 30.3 Å². The number of aromatic nitrogens is 4. The van der Waals surface area contributed by atoms with Gasteiger partial charge in [-0.25, -0.2) is 9.50 Å². The smallest absolute Gasteiger partial charge is 0.257 e. The van der Waals surface area contributed by atoms with Crippen molar-refractivity contribution >= 4 is 22.5 Å². The van der Waals surface area contributed by atoms with Crippen molar-refractivity contribution in [1.29, 1.82) is 0 Å². The standard InChI is InChI=1S/C26H24N6O/c1-30-9-11-31(12-10-30)26(33)23-17-29-32-8-7-19(14-24(23)32)22-16-28-25-21(22)13-20(15-27-25)18-5-3-2-4-6-18/h2-8,13-17H,9-12H2,1H3,(H,27,28). The summed E-state index contributed by atoms with van der Waals surface area (Å²) >= 11 is 0. The molecule has 1 aliphatic heterocycles. The highest BCUT2D eigenvalue weighted by atomic mass is 16.2. The Labute approximate surface area is 191 Å². The molecule has 6 rings (SSSR count). The average molecular weight is 437 g/mol. The van der Waals surface area contributed by atoms with Crippen LogP contribution < -0.4 is 0 Å². The highest BCUT2D eigenvalue weighted by Crippen LogP contribution is 2.32. The number of likely N-dealkylation sites (N-methyl/N-ethyl adjacent to an activating group) is 1. The summed E-state index contributed by atoms with van der Waals surface area (Å²) < 4.78 is 1.77. The Morgan fingerprint density at radius 2 is 1.76 bits per heavy atom. The first-order valence-electron chi connectivity index (χ1n) is 11.2. The van der Waals surface area contributed by atoms with Crippen LogP contribution in [0.5, 0.6) is 0 Å². The minimum atomic E-state index is 0.0437. The monoisotopic (exact) mass is 436 g/mol. The zero-order chi connectivity index (χ0) is 22.4. The molecule has 5 heterocycles. The third-order valence-electron chi connectivity index (χ3n) is 6.49. The predicted octanol–water partition coefficient (Wildman–Crippen LogP) is 3.93. The molecule has 1 N–H and O–H groups in total. The van der Waals surface area contributed by atoms with Crippen molar-refractivity contribution in [2.45, 2.75) is 0 Å². The van der Waals surface area contributed by atoms with Gasteiger partial charge >= 0.3 is 0 Å². The summed E-state index contributed by atoms with van der Waals surface area (Å²) in [6.07, 6.45) is 7.48. The van der Waals surface area contributed by atoms with Crippen LogP contribution in [-0.2, 0) is 0 Å². The van der Waals surface area contributed by atoms with Crippen LogP contribution in [0.25, 0.3) is 38.8 Å². The third-order valence-corrected chi connectivity index (χ3v) is 6.49. The fourth-order valence-corrected chi connectivity index (χ4v) is 4.52. The largest absolute Gasteiger partial charge is 0.346 e. The van der Waals surface area contributed by atoms with Crippen LogP contribution in [0.1, 0.15) is 10.4 Å². The van der Waals surface area contributed by atoms with E-state index in [0.717, 1.165) is 65.0 Å². The lowest BCUT2D eigenvalue weighted by Crippen LogP contribution is -2.47. The molecule has 7 heteroatoms. The first kappa shape index (κ1) is 19.7. The molecule has 1 amide bonds. The molecule has 0 atom stereocenters. The topological polar surface area (TPSA) is 69.5 Å². The minimum absolute atomic E-state index is 0.0437. The van der Waals surface area contributed by atoms with Crippen molar-refractivity contribution in [2.24, 2.45) is 0 Å². The Hall–Kier alpha value is -3.97. The van der Waals surface area contributed by atoms with Gasteiger partial charge in [-0.15, -0.1) is 0 Å². The minimum Gasteiger partial charge on any atom is -0.346 e. The molecular weight excluding hydrogens is 412 g/mol. The van der Waals surface area contributed by atoms with Crippen molar-refractivity contribution in [3.8, 4) is 22.3 Å². The van der Waals surface area contributed by atoms with E-state index in [4.69, 9.17) is 0 Å². The Morgan fingerprint density at radius 3 is 2.58 bits per heavy atom. The molecule has 1 fully saturated rings. The number of nitrogens with one attached hydrogen (secondary N) is 1. The van der Waals surface area contributed by atoms with Crippen molar-refractivity contribution in [2.75, 3.05) is 33.2 Å². The highest BCUT2D eigenvalue weighted by Gasteiger charge is 2.23.